The molecule has 0 radical (unpaired) electrons. The van der Waals surface area contributed by atoms with Crippen molar-refractivity contribution in [3.63, 3.8) is 0 Å². The maximum atomic E-state index is 12.0. The average molecular weight is 272 g/mol. The Labute approximate surface area is 121 Å². The van der Waals surface area contributed by atoms with Crippen molar-refractivity contribution < 1.29 is 4.79 Å². The first kappa shape index (κ1) is 14.8. The molecule has 108 valence electrons. The summed E-state index contributed by atoms with van der Waals surface area (Å²) in [4.78, 5) is 14.1. The third kappa shape index (κ3) is 4.20. The highest BCUT2D eigenvalue weighted by atomic mass is 16.1. The Kier molecular flexibility index (Phi) is 5.36. The van der Waals surface area contributed by atoms with E-state index in [9.17, 15) is 4.79 Å². The van der Waals surface area contributed by atoms with Gasteiger partial charge in [0, 0.05) is 13.0 Å². The lowest BCUT2D eigenvalue weighted by molar-refractivity contribution is -0.121. The Bertz CT molecular complexity index is 453. The quantitative estimate of drug-likeness (QED) is 0.808. The third-order valence-corrected chi connectivity index (χ3v) is 3.86. The van der Waals surface area contributed by atoms with Crippen molar-refractivity contribution in [3.8, 4) is 0 Å². The van der Waals surface area contributed by atoms with Gasteiger partial charge in [-0.05, 0) is 38.4 Å². The summed E-state index contributed by atoms with van der Waals surface area (Å²) in [7, 11) is 4.09. The molecule has 3 nitrogen and oxygen atoms in total. The van der Waals surface area contributed by atoms with E-state index in [1.54, 1.807) is 0 Å². The second-order valence-electron chi connectivity index (χ2n) is 5.66. The maximum absolute atomic E-state index is 12.0. The van der Waals surface area contributed by atoms with E-state index >= 15 is 0 Å². The van der Waals surface area contributed by atoms with Crippen LogP contribution in [0.2, 0.25) is 0 Å². The zero-order chi connectivity index (χ0) is 14.4. The fourth-order valence-corrected chi connectivity index (χ4v) is 2.66. The van der Waals surface area contributed by atoms with Gasteiger partial charge >= 0.3 is 0 Å². The lowest BCUT2D eigenvalue weighted by atomic mass is 10.0. The number of amides is 1. The molecule has 1 aliphatic rings. The first-order valence-corrected chi connectivity index (χ1v) is 7.31. The molecule has 1 N–H and O–H groups in total. The average Bonchev–Trinajstić information content (AvgIpc) is 2.92. The van der Waals surface area contributed by atoms with Crippen molar-refractivity contribution in [2.45, 2.75) is 25.3 Å². The van der Waals surface area contributed by atoms with Crippen LogP contribution in [0.5, 0.6) is 0 Å². The molecule has 1 aromatic carbocycles. The van der Waals surface area contributed by atoms with E-state index in [1.165, 1.54) is 5.56 Å². The molecular weight excluding hydrogens is 248 g/mol. The highest BCUT2D eigenvalue weighted by Gasteiger charge is 2.17. The van der Waals surface area contributed by atoms with Crippen LogP contribution in [0.3, 0.4) is 0 Å². The minimum absolute atomic E-state index is 0.157. The standard InChI is InChI=1S/C17H24N2O/c1-19(2)16(15-10-4-3-5-11-15)13-18-17(20)12-14-8-6-7-9-14/h3-6,8,10-11,14,16H,7,9,12-13H2,1-2H3,(H,18,20). The van der Waals surface area contributed by atoms with Crippen molar-refractivity contribution >= 4 is 5.91 Å². The van der Waals surface area contributed by atoms with Crippen LogP contribution in [0.4, 0.5) is 0 Å². The smallest absolute Gasteiger partial charge is 0.220 e. The van der Waals surface area contributed by atoms with Crippen LogP contribution in [-0.4, -0.2) is 31.4 Å². The number of carbonyl (C=O) groups is 1. The molecule has 0 fully saturated rings. The van der Waals surface area contributed by atoms with Gasteiger partial charge in [-0.1, -0.05) is 42.5 Å². The molecule has 2 atom stereocenters. The van der Waals surface area contributed by atoms with Gasteiger partial charge in [0.2, 0.25) is 5.91 Å². The molecule has 2 unspecified atom stereocenters. The fraction of sp³-hybridized carbons (Fsp3) is 0.471. The van der Waals surface area contributed by atoms with Crippen molar-refractivity contribution in [2.75, 3.05) is 20.6 Å². The predicted octanol–water partition coefficient (Wildman–Crippen LogP) is 2.76. The summed E-state index contributed by atoms with van der Waals surface area (Å²) >= 11 is 0. The van der Waals surface area contributed by atoms with Crippen molar-refractivity contribution in [3.05, 3.63) is 48.0 Å². The van der Waals surface area contributed by atoms with Crippen molar-refractivity contribution in [1.82, 2.24) is 10.2 Å². The van der Waals surface area contributed by atoms with Gasteiger partial charge in [0.1, 0.15) is 0 Å². The summed E-state index contributed by atoms with van der Waals surface area (Å²) < 4.78 is 0. The van der Waals surface area contributed by atoms with Crippen LogP contribution >= 0.6 is 0 Å². The van der Waals surface area contributed by atoms with Gasteiger partial charge in [0.15, 0.2) is 0 Å². The number of hydrogen-bond acceptors (Lipinski definition) is 2. The minimum atomic E-state index is 0.157. The summed E-state index contributed by atoms with van der Waals surface area (Å²) in [5.74, 6) is 0.592. The van der Waals surface area contributed by atoms with Gasteiger partial charge in [-0.2, -0.15) is 0 Å². The summed E-state index contributed by atoms with van der Waals surface area (Å²) in [6, 6.07) is 10.5. The monoisotopic (exact) mass is 272 g/mol. The molecule has 0 heterocycles. The predicted molar refractivity (Wildman–Crippen MR) is 82.4 cm³/mol. The Morgan fingerprint density at radius 3 is 2.70 bits per heavy atom. The number of benzene rings is 1. The van der Waals surface area contributed by atoms with Gasteiger partial charge in [-0.3, -0.25) is 4.79 Å². The van der Waals surface area contributed by atoms with Crippen LogP contribution in [0.1, 0.15) is 30.9 Å². The van der Waals surface area contributed by atoms with E-state index in [0.717, 1.165) is 12.8 Å². The molecule has 1 amide bonds. The molecule has 3 heteroatoms. The third-order valence-electron chi connectivity index (χ3n) is 3.86. The zero-order valence-corrected chi connectivity index (χ0v) is 12.4. The molecule has 1 aliphatic carbocycles. The lowest BCUT2D eigenvalue weighted by Gasteiger charge is -2.25. The number of rotatable bonds is 6. The highest BCUT2D eigenvalue weighted by Crippen LogP contribution is 2.20. The SMILES string of the molecule is CN(C)C(CNC(=O)CC1C=CCC1)c1ccccc1. The number of likely N-dealkylation sites (N-methyl/N-ethyl adjacent to an activating group) is 1. The van der Waals surface area contributed by atoms with E-state index in [-0.39, 0.29) is 11.9 Å². The minimum Gasteiger partial charge on any atom is -0.354 e. The van der Waals surface area contributed by atoms with Gasteiger partial charge in [0.05, 0.1) is 6.04 Å². The molecule has 20 heavy (non-hydrogen) atoms. The van der Waals surface area contributed by atoms with Crippen LogP contribution in [0.15, 0.2) is 42.5 Å². The van der Waals surface area contributed by atoms with Gasteiger partial charge in [-0.15, -0.1) is 0 Å². The number of nitrogens with one attached hydrogen (secondary N) is 1. The van der Waals surface area contributed by atoms with Crippen molar-refractivity contribution in [2.24, 2.45) is 5.92 Å². The zero-order valence-electron chi connectivity index (χ0n) is 12.4. The molecule has 0 aliphatic heterocycles. The van der Waals surface area contributed by atoms with Crippen molar-refractivity contribution in [1.29, 1.82) is 0 Å². The Morgan fingerprint density at radius 1 is 1.35 bits per heavy atom. The molecule has 0 aromatic heterocycles. The van der Waals surface area contributed by atoms with Gasteiger partial charge in [-0.25, -0.2) is 0 Å². The van der Waals surface area contributed by atoms with Gasteiger partial charge in [0.25, 0.3) is 0 Å². The van der Waals surface area contributed by atoms with Crippen LogP contribution < -0.4 is 5.32 Å². The number of hydrogen-bond donors (Lipinski definition) is 1. The summed E-state index contributed by atoms with van der Waals surface area (Å²) in [5, 5.41) is 3.07. The highest BCUT2D eigenvalue weighted by molar-refractivity contribution is 5.76. The van der Waals surface area contributed by atoms with Crippen LogP contribution in [0.25, 0.3) is 0 Å². The van der Waals surface area contributed by atoms with E-state index in [0.29, 0.717) is 18.9 Å². The lowest BCUT2D eigenvalue weighted by Crippen LogP contribution is -2.35. The largest absolute Gasteiger partial charge is 0.354 e. The normalized spacial score (nSPS) is 19.2. The Balaban J connectivity index is 1.86. The van der Waals surface area contributed by atoms with E-state index in [1.807, 2.05) is 32.3 Å². The van der Waals surface area contributed by atoms with Crippen LogP contribution in [-0.2, 0) is 4.79 Å². The summed E-state index contributed by atoms with van der Waals surface area (Å²) in [5.41, 5.74) is 1.23. The Hall–Kier alpha value is -1.61. The second kappa shape index (κ2) is 7.25. The van der Waals surface area contributed by atoms with Crippen LogP contribution in [0, 0.1) is 5.92 Å². The first-order chi connectivity index (χ1) is 9.66. The number of nitrogens with zero attached hydrogens (tertiary/aromatic N) is 1. The van der Waals surface area contributed by atoms with E-state index in [2.05, 4.69) is 34.5 Å². The molecule has 0 saturated carbocycles. The summed E-state index contributed by atoms with van der Waals surface area (Å²) in [6.45, 7) is 0.659. The molecule has 0 bridgehead atoms. The molecule has 2 rings (SSSR count). The molecule has 0 spiro atoms. The van der Waals surface area contributed by atoms with E-state index < -0.39 is 0 Å². The topological polar surface area (TPSA) is 32.3 Å². The number of carbonyl (C=O) groups excluding carboxylic acids is 1. The molecule has 0 saturated heterocycles. The molecular formula is C17H24N2O. The second-order valence-corrected chi connectivity index (χ2v) is 5.66. The van der Waals surface area contributed by atoms with Gasteiger partial charge < -0.3 is 10.2 Å². The Morgan fingerprint density at radius 2 is 2.10 bits per heavy atom. The first-order valence-electron chi connectivity index (χ1n) is 7.31. The van der Waals surface area contributed by atoms with E-state index in [4.69, 9.17) is 0 Å². The molecule has 1 aromatic rings. The summed E-state index contributed by atoms with van der Waals surface area (Å²) in [6.07, 6.45) is 7.18. The maximum Gasteiger partial charge on any atom is 0.220 e. The number of allylic oxidation sites excluding steroid dienone is 2. The fourth-order valence-electron chi connectivity index (χ4n) is 2.66.